The van der Waals surface area contributed by atoms with Crippen molar-refractivity contribution < 1.29 is 20.1 Å². The van der Waals surface area contributed by atoms with Gasteiger partial charge in [-0.1, -0.05) is 6.07 Å². The highest BCUT2D eigenvalue weighted by Gasteiger charge is 2.06. The van der Waals surface area contributed by atoms with Gasteiger partial charge in [-0.25, -0.2) is 0 Å². The van der Waals surface area contributed by atoms with Gasteiger partial charge in [-0.15, -0.1) is 0 Å². The third-order valence-corrected chi connectivity index (χ3v) is 2.13. The highest BCUT2D eigenvalue weighted by molar-refractivity contribution is 5.37. The Morgan fingerprint density at radius 1 is 1.59 bits per heavy atom. The van der Waals surface area contributed by atoms with Gasteiger partial charge in [-0.2, -0.15) is 0 Å². The van der Waals surface area contributed by atoms with Gasteiger partial charge >= 0.3 is 0 Å². The smallest absolute Gasteiger partial charge is 0.273 e. The molecule has 0 aliphatic carbocycles. The van der Waals surface area contributed by atoms with E-state index in [0.717, 1.165) is 0 Å². The Bertz CT molecular complexity index is 368. The number of quaternary nitrogens is 1. The topological polar surface area (TPSA) is 89.2 Å². The Labute approximate surface area is 99.4 Å². The van der Waals surface area contributed by atoms with Crippen molar-refractivity contribution in [3.05, 3.63) is 34.4 Å². The van der Waals surface area contributed by atoms with Crippen molar-refractivity contribution in [1.29, 1.82) is 0 Å². The minimum Gasteiger partial charge on any atom is -0.487 e. The average Bonchev–Trinajstić information content (AvgIpc) is 2.28. The van der Waals surface area contributed by atoms with Gasteiger partial charge in [0.25, 0.3) is 5.69 Å². The number of nitrogens with zero attached hydrogens (tertiary/aromatic N) is 1. The van der Waals surface area contributed by atoms with Crippen LogP contribution in [0.25, 0.3) is 0 Å². The molecular formula is C11H17N2O4+. The molecule has 0 amide bonds. The van der Waals surface area contributed by atoms with E-state index in [9.17, 15) is 10.1 Å². The number of nitro groups is 1. The highest BCUT2D eigenvalue weighted by atomic mass is 16.6. The summed E-state index contributed by atoms with van der Waals surface area (Å²) in [5, 5.41) is 21.5. The number of rotatable bonds is 7. The van der Waals surface area contributed by atoms with E-state index < -0.39 is 4.92 Å². The van der Waals surface area contributed by atoms with Crippen LogP contribution in [-0.4, -0.2) is 35.8 Å². The van der Waals surface area contributed by atoms with Crippen LogP contribution in [0.2, 0.25) is 0 Å². The number of aliphatic hydroxyl groups is 1. The Kier molecular flexibility index (Phi) is 5.38. The number of hydrogen-bond donors (Lipinski definition) is 2. The second-order valence-corrected chi connectivity index (χ2v) is 3.77. The summed E-state index contributed by atoms with van der Waals surface area (Å²) < 4.78 is 5.36. The molecule has 0 spiro atoms. The third kappa shape index (κ3) is 5.28. The molecule has 0 aromatic heterocycles. The molecule has 6 nitrogen and oxygen atoms in total. The predicted octanol–water partition coefficient (Wildman–Crippen LogP) is -0.0822. The van der Waals surface area contributed by atoms with E-state index in [-0.39, 0.29) is 11.8 Å². The van der Waals surface area contributed by atoms with E-state index in [1.54, 1.807) is 19.1 Å². The van der Waals surface area contributed by atoms with Crippen molar-refractivity contribution in [3.63, 3.8) is 0 Å². The number of benzene rings is 1. The van der Waals surface area contributed by atoms with Crippen molar-refractivity contribution in [1.82, 2.24) is 0 Å². The van der Waals surface area contributed by atoms with Crippen molar-refractivity contribution >= 4 is 5.69 Å². The average molecular weight is 241 g/mol. The molecule has 17 heavy (non-hydrogen) atoms. The van der Waals surface area contributed by atoms with Gasteiger partial charge in [0.2, 0.25) is 0 Å². The highest BCUT2D eigenvalue weighted by Crippen LogP contribution is 2.18. The van der Waals surface area contributed by atoms with E-state index in [0.29, 0.717) is 25.4 Å². The zero-order valence-electron chi connectivity index (χ0n) is 9.70. The fraction of sp³-hybridized carbons (Fsp3) is 0.455. The monoisotopic (exact) mass is 241 g/mol. The van der Waals surface area contributed by atoms with Crippen LogP contribution in [0, 0.1) is 10.1 Å². The number of ether oxygens (including phenoxy) is 1. The van der Waals surface area contributed by atoms with Crippen molar-refractivity contribution in [2.24, 2.45) is 0 Å². The predicted molar refractivity (Wildman–Crippen MR) is 61.9 cm³/mol. The Morgan fingerprint density at radius 2 is 2.35 bits per heavy atom. The third-order valence-electron chi connectivity index (χ3n) is 2.13. The molecule has 0 saturated heterocycles. The number of aliphatic hydroxyl groups excluding tert-OH is 1. The molecule has 0 unspecified atom stereocenters. The minimum atomic E-state index is -0.452. The number of non-ortho nitro benzene ring substituents is 1. The maximum Gasteiger partial charge on any atom is 0.273 e. The van der Waals surface area contributed by atoms with Crippen LogP contribution in [0.15, 0.2) is 24.3 Å². The molecule has 0 bridgehead atoms. The summed E-state index contributed by atoms with van der Waals surface area (Å²) in [6.07, 6.45) is -0.340. The van der Waals surface area contributed by atoms with Crippen LogP contribution in [0.3, 0.4) is 0 Å². The van der Waals surface area contributed by atoms with Crippen molar-refractivity contribution in [3.8, 4) is 5.75 Å². The largest absolute Gasteiger partial charge is 0.487 e. The maximum absolute atomic E-state index is 10.5. The number of nitro benzene ring substituents is 1. The molecule has 94 valence electrons. The summed E-state index contributed by atoms with van der Waals surface area (Å²) in [6, 6.07) is 6.09. The molecule has 1 aromatic carbocycles. The summed E-state index contributed by atoms with van der Waals surface area (Å²) >= 11 is 0. The second-order valence-electron chi connectivity index (χ2n) is 3.77. The van der Waals surface area contributed by atoms with Gasteiger partial charge in [0.15, 0.2) is 0 Å². The van der Waals surface area contributed by atoms with Gasteiger partial charge in [-0.05, 0) is 13.0 Å². The van der Waals surface area contributed by atoms with Crippen LogP contribution in [0.4, 0.5) is 5.69 Å². The maximum atomic E-state index is 10.5. The Morgan fingerprint density at radius 3 is 3.00 bits per heavy atom. The van der Waals surface area contributed by atoms with Gasteiger partial charge in [0.05, 0.1) is 17.1 Å². The van der Waals surface area contributed by atoms with Gasteiger partial charge < -0.3 is 15.2 Å². The molecule has 0 fully saturated rings. The molecule has 1 atom stereocenters. The second kappa shape index (κ2) is 6.82. The van der Waals surface area contributed by atoms with E-state index in [1.165, 1.54) is 12.1 Å². The van der Waals surface area contributed by atoms with E-state index in [1.807, 2.05) is 5.32 Å². The lowest BCUT2D eigenvalue weighted by molar-refractivity contribution is -0.661. The molecular weight excluding hydrogens is 224 g/mol. The number of hydrogen-bond acceptors (Lipinski definition) is 4. The lowest BCUT2D eigenvalue weighted by atomic mass is 10.3. The van der Waals surface area contributed by atoms with Crippen LogP contribution >= 0.6 is 0 Å². The summed E-state index contributed by atoms with van der Waals surface area (Å²) in [5.41, 5.74) is 0.0236. The standard InChI is InChI=1S/C11H16N2O4/c1-9(14)8-12-5-6-17-11-4-2-3-10(7-11)13(15)16/h2-4,7,9,12,14H,5-6,8H2,1H3/p+1/t9-/m0/s1. The lowest BCUT2D eigenvalue weighted by Crippen LogP contribution is -2.87. The fourth-order valence-corrected chi connectivity index (χ4v) is 1.31. The normalized spacial score (nSPS) is 12.1. The van der Waals surface area contributed by atoms with Crippen LogP contribution in [0.5, 0.6) is 5.75 Å². The first-order valence-corrected chi connectivity index (χ1v) is 5.46. The molecule has 1 rings (SSSR count). The zero-order chi connectivity index (χ0) is 12.7. The molecule has 1 aromatic rings. The Balaban J connectivity index is 2.31. The minimum absolute atomic E-state index is 0.0236. The van der Waals surface area contributed by atoms with Crippen LogP contribution < -0.4 is 10.1 Å². The first-order valence-electron chi connectivity index (χ1n) is 5.46. The first kappa shape index (κ1) is 13.4. The van der Waals surface area contributed by atoms with E-state index in [4.69, 9.17) is 9.84 Å². The fourth-order valence-electron chi connectivity index (χ4n) is 1.31. The summed E-state index contributed by atoms with van der Waals surface area (Å²) in [5.74, 6) is 0.490. The summed E-state index contributed by atoms with van der Waals surface area (Å²) in [4.78, 5) is 10.1. The van der Waals surface area contributed by atoms with Crippen molar-refractivity contribution in [2.45, 2.75) is 13.0 Å². The molecule has 0 heterocycles. The van der Waals surface area contributed by atoms with Crippen LogP contribution in [-0.2, 0) is 0 Å². The summed E-state index contributed by atoms with van der Waals surface area (Å²) in [7, 11) is 0. The SMILES string of the molecule is C[C@H](O)C[NH2+]CCOc1cccc([N+](=O)[O-])c1. The van der Waals surface area contributed by atoms with Crippen LogP contribution in [0.1, 0.15) is 6.92 Å². The van der Waals surface area contributed by atoms with Gasteiger partial charge in [0, 0.05) is 6.07 Å². The molecule has 3 N–H and O–H groups in total. The van der Waals surface area contributed by atoms with E-state index in [2.05, 4.69) is 0 Å². The summed E-state index contributed by atoms with van der Waals surface area (Å²) in [6.45, 7) is 3.50. The molecule has 0 radical (unpaired) electrons. The molecule has 0 saturated carbocycles. The quantitative estimate of drug-likeness (QED) is 0.397. The van der Waals surface area contributed by atoms with Gasteiger partial charge in [0.1, 0.15) is 25.4 Å². The lowest BCUT2D eigenvalue weighted by Gasteiger charge is -2.06. The first-order chi connectivity index (χ1) is 8.09. The number of nitrogens with two attached hydrogens (primary N) is 1. The van der Waals surface area contributed by atoms with Crippen molar-refractivity contribution in [2.75, 3.05) is 19.7 Å². The molecule has 6 heteroatoms. The molecule has 0 aliphatic heterocycles. The zero-order valence-corrected chi connectivity index (χ0v) is 9.70. The van der Waals surface area contributed by atoms with E-state index >= 15 is 0 Å². The molecule has 0 aliphatic rings. The van der Waals surface area contributed by atoms with Gasteiger partial charge in [-0.3, -0.25) is 10.1 Å². The Hall–Kier alpha value is -1.66.